The molecule has 1 aliphatic rings. The molecule has 19 heavy (non-hydrogen) atoms. The summed E-state index contributed by atoms with van der Waals surface area (Å²) in [4.78, 5) is 0. The normalized spacial score (nSPS) is 23.4. The first-order chi connectivity index (χ1) is 9.33. The van der Waals surface area contributed by atoms with Crippen LogP contribution in [0.15, 0.2) is 36.5 Å². The number of hydrogen-bond acceptors (Lipinski definition) is 3. The Kier molecular flexibility index (Phi) is 3.60. The average Bonchev–Trinajstić information content (AvgIpc) is 2.89. The first-order valence-corrected chi connectivity index (χ1v) is 6.95. The van der Waals surface area contributed by atoms with Crippen molar-refractivity contribution < 1.29 is 5.11 Å². The monoisotopic (exact) mass is 257 g/mol. The van der Waals surface area contributed by atoms with E-state index in [9.17, 15) is 5.11 Å². The number of aliphatic hydroxyl groups excluding tert-OH is 1. The molecule has 0 saturated heterocycles. The summed E-state index contributed by atoms with van der Waals surface area (Å²) in [6.45, 7) is 0. The van der Waals surface area contributed by atoms with Gasteiger partial charge in [-0.15, -0.1) is 5.10 Å². The summed E-state index contributed by atoms with van der Waals surface area (Å²) in [6.07, 6.45) is 6.64. The van der Waals surface area contributed by atoms with E-state index in [2.05, 4.69) is 22.4 Å². The number of benzene rings is 1. The van der Waals surface area contributed by atoms with Gasteiger partial charge in [-0.1, -0.05) is 48.4 Å². The molecule has 1 fully saturated rings. The second-order valence-electron chi connectivity index (χ2n) is 5.27. The highest BCUT2D eigenvalue weighted by Crippen LogP contribution is 2.28. The standard InChI is InChI=1S/C15H19N3O/c19-15-9-5-4-8-14(15)18-11-13(16-17-18)10-12-6-2-1-3-7-12/h1-3,6-7,11,14-15,19H,4-5,8-10H2/t14-,15+/m1/s1. The molecule has 1 aromatic carbocycles. The van der Waals surface area contributed by atoms with E-state index < -0.39 is 0 Å². The zero-order chi connectivity index (χ0) is 13.1. The fraction of sp³-hybridized carbons (Fsp3) is 0.467. The summed E-state index contributed by atoms with van der Waals surface area (Å²) in [6, 6.07) is 10.4. The third-order valence-corrected chi connectivity index (χ3v) is 3.82. The van der Waals surface area contributed by atoms with E-state index >= 15 is 0 Å². The largest absolute Gasteiger partial charge is 0.391 e. The van der Waals surface area contributed by atoms with E-state index in [0.717, 1.165) is 37.8 Å². The molecule has 0 amide bonds. The Balaban J connectivity index is 1.72. The molecule has 0 unspecified atom stereocenters. The van der Waals surface area contributed by atoms with Crippen LogP contribution in [-0.4, -0.2) is 26.2 Å². The van der Waals surface area contributed by atoms with Crippen molar-refractivity contribution in [3.05, 3.63) is 47.8 Å². The maximum absolute atomic E-state index is 10.0. The summed E-state index contributed by atoms with van der Waals surface area (Å²) in [7, 11) is 0. The summed E-state index contributed by atoms with van der Waals surface area (Å²) in [5.41, 5.74) is 2.20. The molecule has 2 atom stereocenters. The first-order valence-electron chi connectivity index (χ1n) is 6.95. The van der Waals surface area contributed by atoms with E-state index in [0.29, 0.717) is 0 Å². The highest BCUT2D eigenvalue weighted by atomic mass is 16.3. The molecule has 0 aliphatic heterocycles. The van der Waals surface area contributed by atoms with Crippen LogP contribution < -0.4 is 0 Å². The van der Waals surface area contributed by atoms with Gasteiger partial charge in [0.2, 0.25) is 0 Å². The number of hydrogen-bond donors (Lipinski definition) is 1. The van der Waals surface area contributed by atoms with Crippen LogP contribution in [0.4, 0.5) is 0 Å². The topological polar surface area (TPSA) is 50.9 Å². The van der Waals surface area contributed by atoms with Gasteiger partial charge in [-0.2, -0.15) is 0 Å². The van der Waals surface area contributed by atoms with Crippen LogP contribution in [0.3, 0.4) is 0 Å². The van der Waals surface area contributed by atoms with Crippen molar-refractivity contribution >= 4 is 0 Å². The Hall–Kier alpha value is -1.68. The van der Waals surface area contributed by atoms with E-state index in [1.54, 1.807) is 0 Å². The van der Waals surface area contributed by atoms with Gasteiger partial charge in [-0.25, -0.2) is 4.68 Å². The second-order valence-corrected chi connectivity index (χ2v) is 5.27. The van der Waals surface area contributed by atoms with Crippen LogP contribution in [-0.2, 0) is 6.42 Å². The van der Waals surface area contributed by atoms with Crippen LogP contribution >= 0.6 is 0 Å². The van der Waals surface area contributed by atoms with Gasteiger partial charge < -0.3 is 5.11 Å². The summed E-state index contributed by atoms with van der Waals surface area (Å²) >= 11 is 0. The second kappa shape index (κ2) is 5.53. The predicted octanol–water partition coefficient (Wildman–Crippen LogP) is 2.34. The zero-order valence-corrected chi connectivity index (χ0v) is 10.9. The predicted molar refractivity (Wildman–Crippen MR) is 72.8 cm³/mol. The molecule has 0 spiro atoms. The SMILES string of the molecule is O[C@H]1CCCC[C@H]1n1cc(Cc2ccccc2)nn1. The lowest BCUT2D eigenvalue weighted by Crippen LogP contribution is -2.27. The van der Waals surface area contributed by atoms with E-state index in [-0.39, 0.29) is 12.1 Å². The van der Waals surface area contributed by atoms with Crippen molar-refractivity contribution in [1.29, 1.82) is 0 Å². The lowest BCUT2D eigenvalue weighted by Gasteiger charge is -2.27. The summed E-state index contributed by atoms with van der Waals surface area (Å²) < 4.78 is 1.85. The smallest absolute Gasteiger partial charge is 0.0871 e. The van der Waals surface area contributed by atoms with Gasteiger partial charge in [-0.3, -0.25) is 0 Å². The van der Waals surface area contributed by atoms with Crippen molar-refractivity contribution in [3.8, 4) is 0 Å². The van der Waals surface area contributed by atoms with Crippen LogP contribution in [0, 0.1) is 0 Å². The molecule has 2 aromatic rings. The van der Waals surface area contributed by atoms with Crippen LogP contribution in [0.25, 0.3) is 0 Å². The van der Waals surface area contributed by atoms with Crippen molar-refractivity contribution in [2.24, 2.45) is 0 Å². The average molecular weight is 257 g/mol. The Morgan fingerprint density at radius 3 is 2.74 bits per heavy atom. The molecule has 3 rings (SSSR count). The number of aromatic nitrogens is 3. The summed E-state index contributed by atoms with van der Waals surface area (Å²) in [5.74, 6) is 0. The van der Waals surface area contributed by atoms with Crippen molar-refractivity contribution in [2.45, 2.75) is 44.2 Å². The molecular weight excluding hydrogens is 238 g/mol. The van der Waals surface area contributed by atoms with Gasteiger partial charge in [-0.05, 0) is 18.4 Å². The van der Waals surface area contributed by atoms with E-state index in [1.807, 2.05) is 29.1 Å². The molecule has 100 valence electrons. The quantitative estimate of drug-likeness (QED) is 0.918. The van der Waals surface area contributed by atoms with Crippen LogP contribution in [0.1, 0.15) is 43.0 Å². The van der Waals surface area contributed by atoms with Crippen LogP contribution in [0.5, 0.6) is 0 Å². The third kappa shape index (κ3) is 2.84. The van der Waals surface area contributed by atoms with Gasteiger partial charge in [0.1, 0.15) is 0 Å². The van der Waals surface area contributed by atoms with Gasteiger partial charge in [0.15, 0.2) is 0 Å². The maximum Gasteiger partial charge on any atom is 0.0871 e. The third-order valence-electron chi connectivity index (χ3n) is 3.82. The highest BCUT2D eigenvalue weighted by Gasteiger charge is 2.25. The molecule has 0 bridgehead atoms. The lowest BCUT2D eigenvalue weighted by molar-refractivity contribution is 0.0685. The minimum Gasteiger partial charge on any atom is -0.391 e. The molecule has 1 aromatic heterocycles. The Morgan fingerprint density at radius 1 is 1.16 bits per heavy atom. The fourth-order valence-corrected chi connectivity index (χ4v) is 2.76. The molecule has 0 radical (unpaired) electrons. The molecule has 4 nitrogen and oxygen atoms in total. The lowest BCUT2D eigenvalue weighted by atomic mass is 9.93. The zero-order valence-electron chi connectivity index (χ0n) is 10.9. The number of aliphatic hydroxyl groups is 1. The van der Waals surface area contributed by atoms with E-state index in [4.69, 9.17) is 0 Å². The molecule has 1 saturated carbocycles. The first kappa shape index (κ1) is 12.4. The van der Waals surface area contributed by atoms with Crippen molar-refractivity contribution in [3.63, 3.8) is 0 Å². The Morgan fingerprint density at radius 2 is 1.95 bits per heavy atom. The molecular formula is C15H19N3O. The van der Waals surface area contributed by atoms with Crippen molar-refractivity contribution in [1.82, 2.24) is 15.0 Å². The minimum atomic E-state index is -0.278. The maximum atomic E-state index is 10.0. The fourth-order valence-electron chi connectivity index (χ4n) is 2.76. The number of rotatable bonds is 3. The molecule has 4 heteroatoms. The van der Waals surface area contributed by atoms with Gasteiger partial charge in [0, 0.05) is 12.6 Å². The molecule has 1 N–H and O–H groups in total. The Bertz CT molecular complexity index is 523. The highest BCUT2D eigenvalue weighted by molar-refractivity contribution is 5.19. The molecule has 1 heterocycles. The van der Waals surface area contributed by atoms with E-state index in [1.165, 1.54) is 5.56 Å². The van der Waals surface area contributed by atoms with Gasteiger partial charge >= 0.3 is 0 Å². The Labute approximate surface area is 113 Å². The summed E-state index contributed by atoms with van der Waals surface area (Å²) in [5, 5.41) is 18.4. The van der Waals surface area contributed by atoms with Crippen molar-refractivity contribution in [2.75, 3.05) is 0 Å². The molecule has 1 aliphatic carbocycles. The van der Waals surface area contributed by atoms with Crippen LogP contribution in [0.2, 0.25) is 0 Å². The van der Waals surface area contributed by atoms with Gasteiger partial charge in [0.05, 0.1) is 17.8 Å². The number of nitrogens with zero attached hydrogens (tertiary/aromatic N) is 3. The van der Waals surface area contributed by atoms with Gasteiger partial charge in [0.25, 0.3) is 0 Å². The minimum absolute atomic E-state index is 0.103.